The lowest BCUT2D eigenvalue weighted by Gasteiger charge is -2.09. The molecule has 4 aromatic heterocycles. The van der Waals surface area contributed by atoms with Crippen molar-refractivity contribution in [3.8, 4) is 51.1 Å². The number of hydrogen-bond acceptors (Lipinski definition) is 5. The van der Waals surface area contributed by atoms with Gasteiger partial charge >= 0.3 is 0 Å². The maximum absolute atomic E-state index is 6.38. The molecule has 234 valence electrons. The third-order valence-corrected chi connectivity index (χ3v) is 9.31. The molecule has 6 heteroatoms. The maximum atomic E-state index is 6.38. The molecule has 0 atom stereocenters. The van der Waals surface area contributed by atoms with E-state index in [2.05, 4.69) is 83.4 Å². The maximum Gasteiger partial charge on any atom is 0.164 e. The van der Waals surface area contributed by atoms with E-state index < -0.39 is 0 Å². The van der Waals surface area contributed by atoms with Gasteiger partial charge in [0.1, 0.15) is 5.58 Å². The number of pyridine rings is 1. The van der Waals surface area contributed by atoms with E-state index in [1.165, 1.54) is 16.3 Å². The summed E-state index contributed by atoms with van der Waals surface area (Å²) in [6.07, 6.45) is 1.82. The molecule has 0 fully saturated rings. The summed E-state index contributed by atoms with van der Waals surface area (Å²) < 4.78 is 8.70. The monoisotopic (exact) mass is 641 g/mol. The minimum Gasteiger partial charge on any atom is -0.454 e. The second-order valence-corrected chi connectivity index (χ2v) is 12.3. The molecule has 0 radical (unpaired) electrons. The van der Waals surface area contributed by atoms with Crippen LogP contribution in [0.4, 0.5) is 0 Å². The van der Waals surface area contributed by atoms with Crippen molar-refractivity contribution in [1.82, 2.24) is 24.5 Å². The summed E-state index contributed by atoms with van der Waals surface area (Å²) in [6, 6.07) is 53.9. The van der Waals surface area contributed by atoms with Crippen LogP contribution in [-0.4, -0.2) is 24.5 Å². The molecule has 0 aliphatic rings. The van der Waals surface area contributed by atoms with Crippen molar-refractivity contribution in [3.63, 3.8) is 0 Å². The molecular formula is C44H27N5O. The van der Waals surface area contributed by atoms with Crippen LogP contribution < -0.4 is 0 Å². The van der Waals surface area contributed by atoms with Gasteiger partial charge in [-0.25, -0.2) is 15.0 Å². The van der Waals surface area contributed by atoms with E-state index >= 15 is 0 Å². The largest absolute Gasteiger partial charge is 0.454 e. The second-order valence-electron chi connectivity index (χ2n) is 12.3. The van der Waals surface area contributed by atoms with Gasteiger partial charge in [-0.2, -0.15) is 0 Å². The molecule has 4 heterocycles. The molecule has 10 aromatic rings. The fourth-order valence-corrected chi connectivity index (χ4v) is 6.99. The Morgan fingerprint density at radius 1 is 0.440 bits per heavy atom. The van der Waals surface area contributed by atoms with Gasteiger partial charge in [-0.1, -0.05) is 115 Å². The smallest absolute Gasteiger partial charge is 0.164 e. The summed E-state index contributed by atoms with van der Waals surface area (Å²) in [5.74, 6) is 1.81. The minimum absolute atomic E-state index is 0.583. The first-order valence-electron chi connectivity index (χ1n) is 16.6. The van der Waals surface area contributed by atoms with E-state index in [9.17, 15) is 0 Å². The van der Waals surface area contributed by atoms with Crippen molar-refractivity contribution in [1.29, 1.82) is 0 Å². The molecule has 0 aliphatic heterocycles. The lowest BCUT2D eigenvalue weighted by molar-refractivity contribution is 0.667. The molecule has 0 bridgehead atoms. The van der Waals surface area contributed by atoms with Crippen LogP contribution >= 0.6 is 0 Å². The van der Waals surface area contributed by atoms with Crippen LogP contribution in [-0.2, 0) is 0 Å². The molecule has 10 rings (SSSR count). The summed E-state index contributed by atoms with van der Waals surface area (Å²) in [4.78, 5) is 19.8. The zero-order valence-corrected chi connectivity index (χ0v) is 26.7. The first-order valence-corrected chi connectivity index (χ1v) is 16.6. The number of para-hydroxylation sites is 2. The van der Waals surface area contributed by atoms with Crippen molar-refractivity contribution in [2.24, 2.45) is 0 Å². The van der Waals surface area contributed by atoms with E-state index in [4.69, 9.17) is 24.4 Å². The van der Waals surface area contributed by atoms with Crippen molar-refractivity contribution >= 4 is 43.7 Å². The van der Waals surface area contributed by atoms with Crippen LogP contribution in [0.1, 0.15) is 0 Å². The van der Waals surface area contributed by atoms with Gasteiger partial charge in [0.2, 0.25) is 0 Å². The number of rotatable bonds is 5. The first-order chi connectivity index (χ1) is 24.8. The SMILES string of the molecule is c1ccc(-c2nc(-c3ccccc3)nc(-c3cccc4oc5cnc(-c6ccc7c(c6)c6ccccc6n7-c6ccccc6)cc5c34)n2)cc1. The van der Waals surface area contributed by atoms with Gasteiger partial charge < -0.3 is 8.98 Å². The predicted molar refractivity (Wildman–Crippen MR) is 201 cm³/mol. The highest BCUT2D eigenvalue weighted by molar-refractivity contribution is 6.13. The van der Waals surface area contributed by atoms with Gasteiger partial charge in [-0.15, -0.1) is 0 Å². The Morgan fingerprint density at radius 2 is 1.08 bits per heavy atom. The third-order valence-electron chi connectivity index (χ3n) is 9.31. The number of hydrogen-bond donors (Lipinski definition) is 0. The molecule has 0 spiro atoms. The predicted octanol–water partition coefficient (Wildman–Crippen LogP) is 10.9. The minimum atomic E-state index is 0.583. The Hall–Kier alpha value is -6.92. The molecule has 0 N–H and O–H groups in total. The van der Waals surface area contributed by atoms with Crippen LogP contribution in [0.5, 0.6) is 0 Å². The average molecular weight is 642 g/mol. The van der Waals surface area contributed by atoms with Crippen molar-refractivity contribution in [3.05, 3.63) is 164 Å². The Kier molecular flexibility index (Phi) is 6.39. The quantitative estimate of drug-likeness (QED) is 0.187. The zero-order valence-electron chi connectivity index (χ0n) is 26.7. The van der Waals surface area contributed by atoms with Gasteiger partial charge in [0.05, 0.1) is 22.9 Å². The van der Waals surface area contributed by atoms with E-state index in [1.807, 2.05) is 85.1 Å². The molecule has 0 aliphatic carbocycles. The lowest BCUT2D eigenvalue weighted by Crippen LogP contribution is -2.00. The Morgan fingerprint density at radius 3 is 1.82 bits per heavy atom. The average Bonchev–Trinajstić information content (AvgIpc) is 3.74. The number of aromatic nitrogens is 5. The van der Waals surface area contributed by atoms with Crippen molar-refractivity contribution in [2.75, 3.05) is 0 Å². The number of nitrogens with zero attached hydrogens (tertiary/aromatic N) is 5. The number of fused-ring (bicyclic) bond motifs is 6. The third kappa shape index (κ3) is 4.58. The van der Waals surface area contributed by atoms with E-state index in [1.54, 1.807) is 0 Å². The molecule has 50 heavy (non-hydrogen) atoms. The fraction of sp³-hybridized carbons (Fsp3) is 0. The molecule has 0 saturated heterocycles. The highest BCUT2D eigenvalue weighted by Gasteiger charge is 2.19. The van der Waals surface area contributed by atoms with Crippen molar-refractivity contribution in [2.45, 2.75) is 0 Å². The van der Waals surface area contributed by atoms with Gasteiger partial charge in [0.25, 0.3) is 0 Å². The zero-order chi connectivity index (χ0) is 33.0. The fourth-order valence-electron chi connectivity index (χ4n) is 6.99. The van der Waals surface area contributed by atoms with Crippen LogP contribution in [0, 0.1) is 0 Å². The van der Waals surface area contributed by atoms with Gasteiger partial charge in [0.15, 0.2) is 23.1 Å². The standard InChI is InChI=1S/C44H27N5O/c1-4-13-28(14-5-1)42-46-43(29-15-6-2-7-16-29)48-44(47-42)33-20-12-22-39-41(33)35-26-36(45-27-40(35)50-39)30-23-24-38-34(25-30)32-19-10-11-21-37(32)49(38)31-17-8-3-9-18-31/h1-27H. The lowest BCUT2D eigenvalue weighted by atomic mass is 10.0. The Balaban J connectivity index is 1.16. The van der Waals surface area contributed by atoms with E-state index in [0.717, 1.165) is 55.5 Å². The molecule has 6 nitrogen and oxygen atoms in total. The highest BCUT2D eigenvalue weighted by Crippen LogP contribution is 2.39. The summed E-state index contributed by atoms with van der Waals surface area (Å²) in [7, 11) is 0. The van der Waals surface area contributed by atoms with Crippen LogP contribution in [0.25, 0.3) is 94.9 Å². The van der Waals surface area contributed by atoms with Gasteiger partial charge in [0, 0.05) is 49.5 Å². The van der Waals surface area contributed by atoms with Gasteiger partial charge in [-0.3, -0.25) is 4.98 Å². The van der Waals surface area contributed by atoms with Gasteiger partial charge in [-0.05, 0) is 42.5 Å². The Bertz CT molecular complexity index is 2800. The number of benzene rings is 6. The molecule has 6 aromatic carbocycles. The summed E-state index contributed by atoms with van der Waals surface area (Å²) in [5.41, 5.74) is 9.52. The Labute approximate surface area is 287 Å². The molecule has 0 unspecified atom stereocenters. The molecule has 0 saturated carbocycles. The van der Waals surface area contributed by atoms with E-state index in [-0.39, 0.29) is 0 Å². The first kappa shape index (κ1) is 28.1. The molecular weight excluding hydrogens is 615 g/mol. The summed E-state index contributed by atoms with van der Waals surface area (Å²) in [5, 5.41) is 4.27. The van der Waals surface area contributed by atoms with Crippen LogP contribution in [0.2, 0.25) is 0 Å². The second kappa shape index (κ2) is 11.4. The molecule has 0 amide bonds. The normalized spacial score (nSPS) is 11.6. The van der Waals surface area contributed by atoms with Crippen LogP contribution in [0.3, 0.4) is 0 Å². The van der Waals surface area contributed by atoms with Crippen molar-refractivity contribution < 1.29 is 4.42 Å². The summed E-state index contributed by atoms with van der Waals surface area (Å²) >= 11 is 0. The summed E-state index contributed by atoms with van der Waals surface area (Å²) in [6.45, 7) is 0. The number of furan rings is 1. The topological polar surface area (TPSA) is 69.6 Å². The van der Waals surface area contributed by atoms with Crippen LogP contribution in [0.15, 0.2) is 168 Å². The van der Waals surface area contributed by atoms with E-state index in [0.29, 0.717) is 23.1 Å². The highest BCUT2D eigenvalue weighted by atomic mass is 16.3.